The average molecular weight is 237 g/mol. The highest BCUT2D eigenvalue weighted by atomic mass is 16.5. The van der Waals surface area contributed by atoms with E-state index in [4.69, 9.17) is 10.5 Å². The summed E-state index contributed by atoms with van der Waals surface area (Å²) in [4.78, 5) is 0. The Kier molecular flexibility index (Phi) is 4.18. The molecule has 1 aromatic rings. The van der Waals surface area contributed by atoms with Gasteiger partial charge in [-0.1, -0.05) is 6.92 Å². The van der Waals surface area contributed by atoms with Gasteiger partial charge in [-0.05, 0) is 37.2 Å². The van der Waals surface area contributed by atoms with Gasteiger partial charge in [0.1, 0.15) is 0 Å². The second-order valence-corrected chi connectivity index (χ2v) is 5.08. The standard InChI is InChI=1S/C13H23N3O/c1-3-16-8-11(7-15-16)6-13(14)12-4-5-17-9-10(12)2/h7-8,10,12-13H,3-6,9,14H2,1-2H3. The van der Waals surface area contributed by atoms with Crippen molar-refractivity contribution in [3.63, 3.8) is 0 Å². The molecule has 1 aromatic heterocycles. The van der Waals surface area contributed by atoms with Crippen molar-refractivity contribution >= 4 is 0 Å². The van der Waals surface area contributed by atoms with Gasteiger partial charge in [0.05, 0.1) is 6.20 Å². The molecule has 1 saturated heterocycles. The van der Waals surface area contributed by atoms with Crippen LogP contribution in [0.15, 0.2) is 12.4 Å². The predicted molar refractivity (Wildman–Crippen MR) is 67.7 cm³/mol. The largest absolute Gasteiger partial charge is 0.381 e. The molecule has 3 atom stereocenters. The number of aromatic nitrogens is 2. The maximum atomic E-state index is 6.33. The van der Waals surface area contributed by atoms with Crippen molar-refractivity contribution in [2.24, 2.45) is 17.6 Å². The Morgan fingerprint density at radius 3 is 3.12 bits per heavy atom. The predicted octanol–water partition coefficient (Wildman–Crippen LogP) is 1.45. The molecule has 4 nitrogen and oxygen atoms in total. The van der Waals surface area contributed by atoms with Gasteiger partial charge >= 0.3 is 0 Å². The molecular weight excluding hydrogens is 214 g/mol. The molecule has 1 aliphatic rings. The van der Waals surface area contributed by atoms with Crippen LogP contribution in [0.4, 0.5) is 0 Å². The lowest BCUT2D eigenvalue weighted by atomic mass is 9.82. The Morgan fingerprint density at radius 2 is 2.47 bits per heavy atom. The minimum atomic E-state index is 0.225. The summed E-state index contributed by atoms with van der Waals surface area (Å²) in [7, 11) is 0. The van der Waals surface area contributed by atoms with Crippen LogP contribution in [-0.2, 0) is 17.7 Å². The summed E-state index contributed by atoms with van der Waals surface area (Å²) in [5, 5.41) is 4.29. The van der Waals surface area contributed by atoms with Crippen molar-refractivity contribution in [3.05, 3.63) is 18.0 Å². The van der Waals surface area contributed by atoms with Gasteiger partial charge in [-0.3, -0.25) is 4.68 Å². The van der Waals surface area contributed by atoms with Gasteiger partial charge in [0, 0.05) is 32.0 Å². The average Bonchev–Trinajstić information content (AvgIpc) is 2.77. The molecule has 0 aromatic carbocycles. The summed E-state index contributed by atoms with van der Waals surface area (Å²) in [5.74, 6) is 1.15. The Bertz CT molecular complexity index is 350. The molecule has 0 spiro atoms. The third-order valence-corrected chi connectivity index (χ3v) is 3.74. The molecule has 1 aliphatic heterocycles. The molecule has 1 fully saturated rings. The molecule has 0 amide bonds. The van der Waals surface area contributed by atoms with E-state index in [0.717, 1.165) is 32.6 Å². The van der Waals surface area contributed by atoms with Crippen molar-refractivity contribution in [2.45, 2.75) is 39.3 Å². The monoisotopic (exact) mass is 237 g/mol. The van der Waals surface area contributed by atoms with Crippen molar-refractivity contribution in [2.75, 3.05) is 13.2 Å². The highest BCUT2D eigenvalue weighted by Crippen LogP contribution is 2.25. The first-order valence-electron chi connectivity index (χ1n) is 6.55. The fourth-order valence-electron chi connectivity index (χ4n) is 2.64. The number of hydrogen-bond acceptors (Lipinski definition) is 3. The van der Waals surface area contributed by atoms with E-state index in [9.17, 15) is 0 Å². The van der Waals surface area contributed by atoms with E-state index in [2.05, 4.69) is 25.1 Å². The third-order valence-electron chi connectivity index (χ3n) is 3.74. The lowest BCUT2D eigenvalue weighted by Crippen LogP contribution is -2.40. The number of nitrogens with zero attached hydrogens (tertiary/aromatic N) is 2. The molecule has 0 radical (unpaired) electrons. The van der Waals surface area contributed by atoms with E-state index in [1.807, 2.05) is 10.9 Å². The van der Waals surface area contributed by atoms with Crippen molar-refractivity contribution in [1.82, 2.24) is 9.78 Å². The zero-order valence-corrected chi connectivity index (χ0v) is 10.8. The van der Waals surface area contributed by atoms with Gasteiger partial charge in [-0.25, -0.2) is 0 Å². The minimum absolute atomic E-state index is 0.225. The van der Waals surface area contributed by atoms with Crippen molar-refractivity contribution < 1.29 is 4.74 Å². The van der Waals surface area contributed by atoms with E-state index < -0.39 is 0 Å². The van der Waals surface area contributed by atoms with E-state index in [1.165, 1.54) is 5.56 Å². The van der Waals surface area contributed by atoms with Crippen LogP contribution in [0, 0.1) is 11.8 Å². The molecule has 2 N–H and O–H groups in total. The third kappa shape index (κ3) is 3.07. The summed E-state index contributed by atoms with van der Waals surface area (Å²) in [6.07, 6.45) is 6.05. The fraction of sp³-hybridized carbons (Fsp3) is 0.769. The van der Waals surface area contributed by atoms with E-state index in [1.54, 1.807) is 0 Å². The smallest absolute Gasteiger partial charge is 0.0522 e. The van der Waals surface area contributed by atoms with E-state index in [-0.39, 0.29) is 6.04 Å². The van der Waals surface area contributed by atoms with Crippen LogP contribution >= 0.6 is 0 Å². The summed E-state index contributed by atoms with van der Waals surface area (Å²) < 4.78 is 7.42. The van der Waals surface area contributed by atoms with Crippen LogP contribution in [0.2, 0.25) is 0 Å². The quantitative estimate of drug-likeness (QED) is 0.862. The number of nitrogens with two attached hydrogens (primary N) is 1. The molecule has 2 rings (SSSR count). The number of rotatable bonds is 4. The summed E-state index contributed by atoms with van der Waals surface area (Å²) >= 11 is 0. The zero-order chi connectivity index (χ0) is 12.3. The molecule has 3 unspecified atom stereocenters. The van der Waals surface area contributed by atoms with Crippen LogP contribution in [0.1, 0.15) is 25.8 Å². The van der Waals surface area contributed by atoms with Crippen molar-refractivity contribution in [3.8, 4) is 0 Å². The molecule has 0 saturated carbocycles. The van der Waals surface area contributed by atoms with Gasteiger partial charge in [0.2, 0.25) is 0 Å². The maximum absolute atomic E-state index is 6.33. The maximum Gasteiger partial charge on any atom is 0.0522 e. The molecule has 96 valence electrons. The molecule has 0 aliphatic carbocycles. The zero-order valence-electron chi connectivity index (χ0n) is 10.8. The Morgan fingerprint density at radius 1 is 1.65 bits per heavy atom. The van der Waals surface area contributed by atoms with Crippen LogP contribution in [0.3, 0.4) is 0 Å². The Balaban J connectivity index is 1.93. The van der Waals surface area contributed by atoms with Crippen LogP contribution in [-0.4, -0.2) is 29.0 Å². The molecule has 0 bridgehead atoms. The van der Waals surface area contributed by atoms with Gasteiger partial charge in [-0.15, -0.1) is 0 Å². The second-order valence-electron chi connectivity index (χ2n) is 5.08. The lowest BCUT2D eigenvalue weighted by Gasteiger charge is -2.33. The minimum Gasteiger partial charge on any atom is -0.381 e. The number of hydrogen-bond donors (Lipinski definition) is 1. The summed E-state index contributed by atoms with van der Waals surface area (Å²) in [5.41, 5.74) is 7.58. The van der Waals surface area contributed by atoms with Crippen molar-refractivity contribution in [1.29, 1.82) is 0 Å². The van der Waals surface area contributed by atoms with Crippen LogP contribution in [0.25, 0.3) is 0 Å². The highest BCUT2D eigenvalue weighted by molar-refractivity contribution is 5.06. The SMILES string of the molecule is CCn1cc(CC(N)C2CCOCC2C)cn1. The van der Waals surface area contributed by atoms with Gasteiger partial charge in [0.25, 0.3) is 0 Å². The number of aryl methyl sites for hydroxylation is 1. The van der Waals surface area contributed by atoms with Gasteiger partial charge in [0.15, 0.2) is 0 Å². The summed E-state index contributed by atoms with van der Waals surface area (Å²) in [6.45, 7) is 6.96. The lowest BCUT2D eigenvalue weighted by molar-refractivity contribution is 0.0157. The topological polar surface area (TPSA) is 53.1 Å². The van der Waals surface area contributed by atoms with Gasteiger partial charge < -0.3 is 10.5 Å². The van der Waals surface area contributed by atoms with Crippen LogP contribution < -0.4 is 5.73 Å². The first kappa shape index (κ1) is 12.6. The molecule has 2 heterocycles. The first-order chi connectivity index (χ1) is 8.20. The Hall–Kier alpha value is -0.870. The Labute approximate surface area is 103 Å². The highest BCUT2D eigenvalue weighted by Gasteiger charge is 2.27. The normalized spacial score (nSPS) is 27.0. The summed E-state index contributed by atoms with van der Waals surface area (Å²) in [6, 6.07) is 0.225. The fourth-order valence-corrected chi connectivity index (χ4v) is 2.64. The molecule has 4 heteroatoms. The first-order valence-corrected chi connectivity index (χ1v) is 6.55. The van der Waals surface area contributed by atoms with E-state index in [0.29, 0.717) is 11.8 Å². The van der Waals surface area contributed by atoms with E-state index >= 15 is 0 Å². The number of ether oxygens (including phenoxy) is 1. The van der Waals surface area contributed by atoms with Crippen LogP contribution in [0.5, 0.6) is 0 Å². The molecule has 17 heavy (non-hydrogen) atoms. The second kappa shape index (κ2) is 5.65. The molecular formula is C13H23N3O. The van der Waals surface area contributed by atoms with Gasteiger partial charge in [-0.2, -0.15) is 5.10 Å².